The zero-order valence-corrected chi connectivity index (χ0v) is 17.4. The number of pyridine rings is 1. The van der Waals surface area contributed by atoms with Gasteiger partial charge in [-0.15, -0.1) is 0 Å². The molecule has 2 rings (SSSR count). The fourth-order valence-corrected chi connectivity index (χ4v) is 3.40. The second-order valence-corrected chi connectivity index (χ2v) is 8.34. The Bertz CT molecular complexity index is 694. The molecule has 1 aliphatic rings. The minimum absolute atomic E-state index is 0.0829. The van der Waals surface area contributed by atoms with E-state index >= 15 is 0 Å². The van der Waals surface area contributed by atoms with Crippen molar-refractivity contribution < 1.29 is 19.2 Å². The van der Waals surface area contributed by atoms with E-state index in [0.29, 0.717) is 29.6 Å². The number of methoxy groups -OCH3 is 1. The van der Waals surface area contributed by atoms with Gasteiger partial charge in [-0.1, -0.05) is 0 Å². The highest BCUT2D eigenvalue weighted by atomic mass is 79.9. The van der Waals surface area contributed by atoms with Crippen LogP contribution >= 0.6 is 15.9 Å². The third-order valence-electron chi connectivity index (χ3n) is 4.12. The summed E-state index contributed by atoms with van der Waals surface area (Å²) in [6, 6.07) is 1.29. The second kappa shape index (κ2) is 8.83. The summed E-state index contributed by atoms with van der Waals surface area (Å²) in [6.07, 6.45) is 2.55. The van der Waals surface area contributed by atoms with E-state index in [-0.39, 0.29) is 23.9 Å². The molecule has 0 aliphatic heterocycles. The summed E-state index contributed by atoms with van der Waals surface area (Å²) in [5.41, 5.74) is -0.310. The lowest BCUT2D eigenvalue weighted by Crippen LogP contribution is -2.47. The van der Waals surface area contributed by atoms with E-state index in [1.807, 2.05) is 0 Å². The average molecular weight is 445 g/mol. The quantitative estimate of drug-likeness (QED) is 0.404. The van der Waals surface area contributed by atoms with Crippen molar-refractivity contribution in [2.45, 2.75) is 63.8 Å². The van der Waals surface area contributed by atoms with Gasteiger partial charge in [0.05, 0.1) is 11.0 Å². The van der Waals surface area contributed by atoms with Crippen molar-refractivity contribution in [1.29, 1.82) is 0 Å². The zero-order valence-electron chi connectivity index (χ0n) is 15.8. The molecular weight excluding hydrogens is 420 g/mol. The number of halogens is 1. The maximum atomic E-state index is 12.1. The highest BCUT2D eigenvalue weighted by Crippen LogP contribution is 2.30. The molecule has 1 aliphatic carbocycles. The van der Waals surface area contributed by atoms with Gasteiger partial charge in [-0.2, -0.15) is 0 Å². The van der Waals surface area contributed by atoms with Gasteiger partial charge in [-0.25, -0.2) is 9.78 Å². The largest absolute Gasteiger partial charge is 0.444 e. The van der Waals surface area contributed by atoms with E-state index in [4.69, 9.17) is 9.47 Å². The standard InChI is InChI=1S/C17H25BrN4O5/c1-17(2,3)27-16(23)21-11-5-10(6-12(7-11)26-4)20-13-8-15(18)19-9-14(13)22(24)25/h8-12H,5-7H2,1-4H3,(H,19,20)(H,21,23). The number of nitro groups is 1. The lowest BCUT2D eigenvalue weighted by Gasteiger charge is -2.35. The van der Waals surface area contributed by atoms with Gasteiger partial charge in [-0.05, 0) is 56.0 Å². The summed E-state index contributed by atoms with van der Waals surface area (Å²) in [5, 5.41) is 17.3. The number of hydrogen-bond acceptors (Lipinski definition) is 7. The number of nitrogens with zero attached hydrogens (tertiary/aromatic N) is 2. The highest BCUT2D eigenvalue weighted by Gasteiger charge is 2.32. The maximum Gasteiger partial charge on any atom is 0.407 e. The number of rotatable bonds is 5. The number of ether oxygens (including phenoxy) is 2. The molecule has 150 valence electrons. The number of anilines is 1. The van der Waals surface area contributed by atoms with Crippen molar-refractivity contribution in [3.05, 3.63) is 27.0 Å². The third-order valence-corrected chi connectivity index (χ3v) is 4.56. The Morgan fingerprint density at radius 1 is 1.33 bits per heavy atom. The molecule has 1 aromatic heterocycles. The SMILES string of the molecule is COC1CC(NC(=O)OC(C)(C)C)CC(Nc2cc(Br)ncc2[N+](=O)[O-])C1. The van der Waals surface area contributed by atoms with Crippen molar-refractivity contribution in [3.63, 3.8) is 0 Å². The number of hydrogen-bond donors (Lipinski definition) is 2. The molecule has 27 heavy (non-hydrogen) atoms. The van der Waals surface area contributed by atoms with Crippen molar-refractivity contribution in [2.24, 2.45) is 0 Å². The first-order valence-electron chi connectivity index (χ1n) is 8.66. The first kappa shape index (κ1) is 21.4. The van der Waals surface area contributed by atoms with E-state index < -0.39 is 16.6 Å². The van der Waals surface area contributed by atoms with Crippen LogP contribution in [-0.4, -0.2) is 46.9 Å². The normalized spacial score (nSPS) is 22.8. The molecule has 1 saturated carbocycles. The monoisotopic (exact) mass is 444 g/mol. The van der Waals surface area contributed by atoms with Gasteiger partial charge in [0.15, 0.2) is 0 Å². The van der Waals surface area contributed by atoms with E-state index in [0.717, 1.165) is 0 Å². The summed E-state index contributed by atoms with van der Waals surface area (Å²) in [4.78, 5) is 26.8. The molecule has 0 bridgehead atoms. The van der Waals surface area contributed by atoms with Crippen molar-refractivity contribution in [3.8, 4) is 0 Å². The van der Waals surface area contributed by atoms with Gasteiger partial charge >= 0.3 is 11.8 Å². The van der Waals surface area contributed by atoms with Crippen LogP contribution in [0.5, 0.6) is 0 Å². The lowest BCUT2D eigenvalue weighted by molar-refractivity contribution is -0.384. The molecule has 3 atom stereocenters. The summed E-state index contributed by atoms with van der Waals surface area (Å²) < 4.78 is 11.3. The fourth-order valence-electron chi connectivity index (χ4n) is 3.07. The summed E-state index contributed by atoms with van der Waals surface area (Å²) in [5.74, 6) is 0. The molecule has 0 radical (unpaired) electrons. The van der Waals surface area contributed by atoms with Crippen molar-refractivity contribution in [1.82, 2.24) is 10.3 Å². The smallest absolute Gasteiger partial charge is 0.407 e. The number of amides is 1. The number of nitrogens with one attached hydrogen (secondary N) is 2. The molecule has 2 N–H and O–H groups in total. The van der Waals surface area contributed by atoms with Gasteiger partial charge in [0.1, 0.15) is 22.1 Å². The van der Waals surface area contributed by atoms with Crippen LogP contribution in [0.3, 0.4) is 0 Å². The Morgan fingerprint density at radius 2 is 2.00 bits per heavy atom. The minimum Gasteiger partial charge on any atom is -0.444 e. The number of aromatic nitrogens is 1. The number of alkyl carbamates (subject to hydrolysis) is 1. The number of carbonyl (C=O) groups is 1. The topological polar surface area (TPSA) is 116 Å². The Balaban J connectivity index is 2.10. The molecule has 9 nitrogen and oxygen atoms in total. The molecule has 0 aromatic carbocycles. The Morgan fingerprint density at radius 3 is 2.59 bits per heavy atom. The van der Waals surface area contributed by atoms with Crippen molar-refractivity contribution in [2.75, 3.05) is 12.4 Å². The van der Waals surface area contributed by atoms with Crippen molar-refractivity contribution >= 4 is 33.4 Å². The molecule has 1 aromatic rings. The van der Waals surface area contributed by atoms with Gasteiger partial charge in [0, 0.05) is 25.3 Å². The van der Waals surface area contributed by atoms with Gasteiger partial charge < -0.3 is 20.1 Å². The van der Waals surface area contributed by atoms with E-state index in [1.54, 1.807) is 33.9 Å². The van der Waals surface area contributed by atoms with Crippen LogP contribution in [0.2, 0.25) is 0 Å². The van der Waals surface area contributed by atoms with E-state index in [1.165, 1.54) is 6.20 Å². The Labute approximate surface area is 166 Å². The Hall–Kier alpha value is -1.94. The van der Waals surface area contributed by atoms with Gasteiger partial charge in [-0.3, -0.25) is 10.1 Å². The maximum absolute atomic E-state index is 12.1. The summed E-state index contributed by atoms with van der Waals surface area (Å²) in [6.45, 7) is 5.41. The minimum atomic E-state index is -0.582. The van der Waals surface area contributed by atoms with Crippen LogP contribution in [-0.2, 0) is 9.47 Å². The Kier molecular flexibility index (Phi) is 6.99. The predicted octanol–water partition coefficient (Wildman–Crippen LogP) is 3.63. The molecule has 0 saturated heterocycles. The molecule has 3 unspecified atom stereocenters. The third kappa shape index (κ3) is 6.62. The molecule has 1 heterocycles. The lowest BCUT2D eigenvalue weighted by atomic mass is 9.88. The van der Waals surface area contributed by atoms with Crippen LogP contribution < -0.4 is 10.6 Å². The summed E-state index contributed by atoms with van der Waals surface area (Å²) in [7, 11) is 1.61. The van der Waals surface area contributed by atoms with E-state index in [2.05, 4.69) is 31.5 Å². The first-order chi connectivity index (χ1) is 12.6. The van der Waals surface area contributed by atoms with Crippen LogP contribution in [0.1, 0.15) is 40.0 Å². The van der Waals surface area contributed by atoms with Gasteiger partial charge in [0.2, 0.25) is 0 Å². The predicted molar refractivity (Wildman–Crippen MR) is 104 cm³/mol. The second-order valence-electron chi connectivity index (χ2n) is 7.53. The fraction of sp³-hybridized carbons (Fsp3) is 0.647. The van der Waals surface area contributed by atoms with E-state index in [9.17, 15) is 14.9 Å². The highest BCUT2D eigenvalue weighted by molar-refractivity contribution is 9.10. The molecule has 1 amide bonds. The van der Waals surface area contributed by atoms with Crippen LogP contribution in [0, 0.1) is 10.1 Å². The average Bonchev–Trinajstić information content (AvgIpc) is 2.52. The molecule has 10 heteroatoms. The zero-order chi connectivity index (χ0) is 20.2. The molecule has 0 spiro atoms. The number of carbonyl (C=O) groups excluding carboxylic acids is 1. The van der Waals surface area contributed by atoms with Crippen LogP contribution in [0.15, 0.2) is 16.9 Å². The van der Waals surface area contributed by atoms with Crippen LogP contribution in [0.25, 0.3) is 0 Å². The van der Waals surface area contributed by atoms with Crippen LogP contribution in [0.4, 0.5) is 16.2 Å². The first-order valence-corrected chi connectivity index (χ1v) is 9.45. The van der Waals surface area contributed by atoms with Gasteiger partial charge in [0.25, 0.3) is 0 Å². The summed E-state index contributed by atoms with van der Waals surface area (Å²) >= 11 is 3.24. The molecule has 1 fully saturated rings. The molecular formula is C17H25BrN4O5.